The molecule has 6 nitrogen and oxygen atoms in total. The molecule has 0 saturated heterocycles. The first-order valence-electron chi connectivity index (χ1n) is 6.10. The fraction of sp³-hybridized carbons (Fsp3) is 0.214. The van der Waals surface area contributed by atoms with Gasteiger partial charge in [-0.25, -0.2) is 4.98 Å². The summed E-state index contributed by atoms with van der Waals surface area (Å²) in [5.41, 5.74) is 0.431. The Balaban J connectivity index is 2.24. The van der Waals surface area contributed by atoms with Gasteiger partial charge in [-0.15, -0.1) is 0 Å². The zero-order valence-electron chi connectivity index (χ0n) is 11.2. The SMILES string of the molecule is CC(c1ccccc1O)N(C)C(=O)c1c[nH]c(=O)cn1. The van der Waals surface area contributed by atoms with E-state index in [4.69, 9.17) is 0 Å². The zero-order valence-corrected chi connectivity index (χ0v) is 11.2. The molecule has 2 rings (SSSR count). The molecule has 0 bridgehead atoms. The minimum Gasteiger partial charge on any atom is -0.508 e. The number of amides is 1. The van der Waals surface area contributed by atoms with E-state index in [0.717, 1.165) is 6.20 Å². The van der Waals surface area contributed by atoms with Gasteiger partial charge in [-0.2, -0.15) is 0 Å². The number of para-hydroxylation sites is 1. The smallest absolute Gasteiger partial charge is 0.274 e. The van der Waals surface area contributed by atoms with Gasteiger partial charge in [0.1, 0.15) is 11.4 Å². The van der Waals surface area contributed by atoms with Crippen LogP contribution in [0.4, 0.5) is 0 Å². The van der Waals surface area contributed by atoms with E-state index in [1.54, 1.807) is 38.2 Å². The molecule has 0 spiro atoms. The first-order valence-corrected chi connectivity index (χ1v) is 6.10. The summed E-state index contributed by atoms with van der Waals surface area (Å²) in [5.74, 6) is -0.203. The number of carbonyl (C=O) groups excluding carboxylic acids is 1. The number of nitrogens with zero attached hydrogens (tertiary/aromatic N) is 2. The molecule has 1 aromatic carbocycles. The molecule has 0 aliphatic carbocycles. The van der Waals surface area contributed by atoms with E-state index < -0.39 is 0 Å². The summed E-state index contributed by atoms with van der Waals surface area (Å²) in [6.07, 6.45) is 2.34. The van der Waals surface area contributed by atoms with Crippen molar-refractivity contribution in [2.45, 2.75) is 13.0 Å². The van der Waals surface area contributed by atoms with Gasteiger partial charge in [-0.1, -0.05) is 18.2 Å². The highest BCUT2D eigenvalue weighted by Crippen LogP contribution is 2.27. The van der Waals surface area contributed by atoms with E-state index in [1.165, 1.54) is 11.1 Å². The number of rotatable bonds is 3. The summed E-state index contributed by atoms with van der Waals surface area (Å²) < 4.78 is 0. The number of H-pyrrole nitrogens is 1. The standard InChI is InChI=1S/C14H15N3O3/c1-9(10-5-3-4-6-12(10)18)17(2)14(20)11-7-16-13(19)8-15-11/h3-9,18H,1-2H3,(H,16,19). The Morgan fingerprint density at radius 3 is 2.70 bits per heavy atom. The number of nitrogens with one attached hydrogen (secondary N) is 1. The number of hydrogen-bond acceptors (Lipinski definition) is 4. The average Bonchev–Trinajstić information content (AvgIpc) is 2.46. The molecule has 1 heterocycles. The van der Waals surface area contributed by atoms with Crippen LogP contribution in [0.2, 0.25) is 0 Å². The van der Waals surface area contributed by atoms with Gasteiger partial charge in [0.25, 0.3) is 11.5 Å². The van der Waals surface area contributed by atoms with Crippen LogP contribution in [-0.2, 0) is 0 Å². The van der Waals surface area contributed by atoms with Crippen LogP contribution in [0.3, 0.4) is 0 Å². The number of aromatic amines is 1. The van der Waals surface area contributed by atoms with Crippen molar-refractivity contribution in [1.82, 2.24) is 14.9 Å². The van der Waals surface area contributed by atoms with Crippen molar-refractivity contribution in [3.8, 4) is 5.75 Å². The van der Waals surface area contributed by atoms with Crippen molar-refractivity contribution in [1.29, 1.82) is 0 Å². The number of aromatic nitrogens is 2. The second-order valence-corrected chi connectivity index (χ2v) is 4.45. The molecule has 6 heteroatoms. The Kier molecular flexibility index (Phi) is 3.84. The largest absolute Gasteiger partial charge is 0.508 e. The molecule has 0 aliphatic rings. The fourth-order valence-electron chi connectivity index (χ4n) is 1.87. The summed E-state index contributed by atoms with van der Waals surface area (Å²) in [5, 5.41) is 9.82. The Bertz CT molecular complexity index is 661. The van der Waals surface area contributed by atoms with Gasteiger partial charge in [0, 0.05) is 18.8 Å². The minimum atomic E-state index is -0.363. The first kappa shape index (κ1) is 13.8. The summed E-state index contributed by atoms with van der Waals surface area (Å²) >= 11 is 0. The second kappa shape index (κ2) is 5.56. The summed E-state index contributed by atoms with van der Waals surface area (Å²) in [6, 6.07) is 6.52. The Labute approximate surface area is 115 Å². The number of phenolic OH excluding ortho intramolecular Hbond substituents is 1. The van der Waals surface area contributed by atoms with Crippen molar-refractivity contribution in [3.05, 3.63) is 58.3 Å². The fourth-order valence-corrected chi connectivity index (χ4v) is 1.87. The average molecular weight is 273 g/mol. The van der Waals surface area contributed by atoms with Crippen LogP contribution in [0.1, 0.15) is 29.0 Å². The van der Waals surface area contributed by atoms with Gasteiger partial charge in [0.2, 0.25) is 0 Å². The molecule has 1 atom stereocenters. The van der Waals surface area contributed by atoms with Crippen LogP contribution in [-0.4, -0.2) is 32.9 Å². The molecule has 20 heavy (non-hydrogen) atoms. The molecule has 0 aliphatic heterocycles. The van der Waals surface area contributed by atoms with Gasteiger partial charge in [0.05, 0.1) is 12.2 Å². The maximum absolute atomic E-state index is 12.2. The minimum absolute atomic E-state index is 0.133. The van der Waals surface area contributed by atoms with Gasteiger partial charge >= 0.3 is 0 Å². The normalized spacial score (nSPS) is 11.9. The highest BCUT2D eigenvalue weighted by atomic mass is 16.3. The van der Waals surface area contributed by atoms with Crippen LogP contribution < -0.4 is 5.56 Å². The second-order valence-electron chi connectivity index (χ2n) is 4.45. The molecular formula is C14H15N3O3. The lowest BCUT2D eigenvalue weighted by Gasteiger charge is -2.25. The number of carbonyl (C=O) groups is 1. The van der Waals surface area contributed by atoms with E-state index in [1.807, 2.05) is 0 Å². The van der Waals surface area contributed by atoms with Crippen LogP contribution >= 0.6 is 0 Å². The molecule has 2 N–H and O–H groups in total. The maximum atomic E-state index is 12.2. The molecule has 1 aromatic heterocycles. The van der Waals surface area contributed by atoms with Crippen LogP contribution in [0.25, 0.3) is 0 Å². The van der Waals surface area contributed by atoms with E-state index in [-0.39, 0.29) is 29.0 Å². The highest BCUT2D eigenvalue weighted by molar-refractivity contribution is 5.92. The van der Waals surface area contributed by atoms with Crippen molar-refractivity contribution < 1.29 is 9.90 Å². The Hall–Kier alpha value is -2.63. The van der Waals surface area contributed by atoms with E-state index in [0.29, 0.717) is 5.56 Å². The third-order valence-corrected chi connectivity index (χ3v) is 3.18. The van der Waals surface area contributed by atoms with Crippen LogP contribution in [0, 0.1) is 0 Å². The molecule has 1 amide bonds. The third kappa shape index (κ3) is 2.69. The number of phenols is 1. The quantitative estimate of drug-likeness (QED) is 0.882. The predicted molar refractivity (Wildman–Crippen MR) is 73.5 cm³/mol. The van der Waals surface area contributed by atoms with Gasteiger partial charge in [-0.05, 0) is 13.0 Å². The molecule has 0 radical (unpaired) electrons. The molecule has 2 aromatic rings. The van der Waals surface area contributed by atoms with E-state index >= 15 is 0 Å². The van der Waals surface area contributed by atoms with Crippen LogP contribution in [0.15, 0.2) is 41.5 Å². The Morgan fingerprint density at radius 1 is 1.40 bits per heavy atom. The lowest BCUT2D eigenvalue weighted by atomic mass is 10.1. The summed E-state index contributed by atoms with van der Waals surface area (Å²) in [4.78, 5) is 30.8. The van der Waals surface area contributed by atoms with Gasteiger partial charge < -0.3 is 15.0 Å². The number of benzene rings is 1. The summed E-state index contributed by atoms with van der Waals surface area (Å²) in [6.45, 7) is 1.80. The predicted octanol–water partition coefficient (Wildman–Crippen LogP) is 1.31. The van der Waals surface area contributed by atoms with Crippen molar-refractivity contribution in [3.63, 3.8) is 0 Å². The Morgan fingerprint density at radius 2 is 2.10 bits per heavy atom. The monoisotopic (exact) mass is 273 g/mol. The number of aromatic hydroxyl groups is 1. The van der Waals surface area contributed by atoms with Crippen molar-refractivity contribution >= 4 is 5.91 Å². The van der Waals surface area contributed by atoms with Crippen LogP contribution in [0.5, 0.6) is 5.75 Å². The van der Waals surface area contributed by atoms with Crippen molar-refractivity contribution in [2.75, 3.05) is 7.05 Å². The lowest BCUT2D eigenvalue weighted by molar-refractivity contribution is 0.0735. The molecule has 1 unspecified atom stereocenters. The highest BCUT2D eigenvalue weighted by Gasteiger charge is 2.21. The van der Waals surface area contributed by atoms with E-state index in [2.05, 4.69) is 9.97 Å². The zero-order chi connectivity index (χ0) is 14.7. The van der Waals surface area contributed by atoms with E-state index in [9.17, 15) is 14.7 Å². The maximum Gasteiger partial charge on any atom is 0.274 e. The molecule has 0 saturated carbocycles. The topological polar surface area (TPSA) is 86.3 Å². The third-order valence-electron chi connectivity index (χ3n) is 3.18. The molecule has 104 valence electrons. The molecule has 0 fully saturated rings. The number of hydrogen-bond donors (Lipinski definition) is 2. The molecular weight excluding hydrogens is 258 g/mol. The van der Waals surface area contributed by atoms with Gasteiger partial charge in [0.15, 0.2) is 0 Å². The lowest BCUT2D eigenvalue weighted by Crippen LogP contribution is -2.31. The first-order chi connectivity index (χ1) is 9.50. The summed E-state index contributed by atoms with van der Waals surface area (Å²) in [7, 11) is 1.62. The van der Waals surface area contributed by atoms with Crippen molar-refractivity contribution in [2.24, 2.45) is 0 Å². The van der Waals surface area contributed by atoms with Gasteiger partial charge in [-0.3, -0.25) is 9.59 Å².